The van der Waals surface area contributed by atoms with E-state index in [-0.39, 0.29) is 17.5 Å². The topological polar surface area (TPSA) is 110 Å². The molecule has 2 rings (SSSR count). The number of carbonyl (C=O) groups is 2. The highest BCUT2D eigenvalue weighted by Gasteiger charge is 2.32. The molecule has 0 radical (unpaired) electrons. The minimum atomic E-state index is -1.04. The van der Waals surface area contributed by atoms with Gasteiger partial charge >= 0.3 is 5.97 Å². The van der Waals surface area contributed by atoms with Crippen LogP contribution in [-0.4, -0.2) is 47.8 Å². The van der Waals surface area contributed by atoms with Gasteiger partial charge < -0.3 is 19.9 Å². The fourth-order valence-electron chi connectivity index (χ4n) is 1.83. The van der Waals surface area contributed by atoms with Gasteiger partial charge in [-0.25, -0.2) is 0 Å². The molecule has 0 bridgehead atoms. The number of nitrogens with one attached hydrogen (secondary N) is 1. The molecule has 1 heterocycles. The molecule has 1 atom stereocenters. The van der Waals surface area contributed by atoms with E-state index in [1.165, 1.54) is 13.3 Å². The van der Waals surface area contributed by atoms with Crippen LogP contribution in [0.15, 0.2) is 28.4 Å². The lowest BCUT2D eigenvalue weighted by molar-refractivity contribution is -0.138. The van der Waals surface area contributed by atoms with Crippen LogP contribution in [0.2, 0.25) is 0 Å². The summed E-state index contributed by atoms with van der Waals surface area (Å²) < 4.78 is 10.3. The minimum absolute atomic E-state index is 0.261. The lowest BCUT2D eigenvalue weighted by Gasteiger charge is -2.06. The molecule has 0 saturated carbocycles. The van der Waals surface area contributed by atoms with Crippen LogP contribution < -0.4 is 14.8 Å². The van der Waals surface area contributed by atoms with Crippen LogP contribution in [-0.2, 0) is 9.59 Å². The van der Waals surface area contributed by atoms with E-state index < -0.39 is 11.2 Å². The molecule has 9 heteroatoms. The molecule has 0 spiro atoms. The smallest absolute Gasteiger partial charge is 0.305 e. The summed E-state index contributed by atoms with van der Waals surface area (Å²) in [5.74, 6) is -0.180. The van der Waals surface area contributed by atoms with Crippen molar-refractivity contribution >= 4 is 35.0 Å². The van der Waals surface area contributed by atoms with Crippen molar-refractivity contribution in [2.24, 2.45) is 10.2 Å². The molecule has 8 nitrogen and oxygen atoms in total. The van der Waals surface area contributed by atoms with Gasteiger partial charge in [0.25, 0.3) is 0 Å². The van der Waals surface area contributed by atoms with Crippen molar-refractivity contribution < 1.29 is 24.2 Å². The molecule has 1 amide bonds. The van der Waals surface area contributed by atoms with Gasteiger partial charge in [-0.1, -0.05) is 11.8 Å². The number of carbonyl (C=O) groups excluding carboxylic acids is 1. The zero-order valence-corrected chi connectivity index (χ0v) is 13.3. The van der Waals surface area contributed by atoms with E-state index in [4.69, 9.17) is 14.6 Å². The lowest BCUT2D eigenvalue weighted by atomic mass is 10.2. The summed E-state index contributed by atoms with van der Waals surface area (Å²) in [5, 5.41) is 18.6. The lowest BCUT2D eigenvalue weighted by Crippen LogP contribution is -2.26. The first-order valence-electron chi connectivity index (χ1n) is 6.56. The molecule has 1 unspecified atom stereocenters. The number of carboxylic acids is 1. The second-order valence-corrected chi connectivity index (χ2v) is 5.64. The number of benzene rings is 1. The molecule has 122 valence electrons. The first kappa shape index (κ1) is 16.8. The maximum absolute atomic E-state index is 11.6. The molecule has 0 aromatic heterocycles. The number of hydrogen-bond acceptors (Lipinski definition) is 7. The molecular formula is C14H15N3O5S. The van der Waals surface area contributed by atoms with E-state index in [0.29, 0.717) is 17.1 Å². The molecule has 1 aromatic rings. The number of nitrogens with zero attached hydrogens (tertiary/aromatic N) is 2. The third-order valence-corrected chi connectivity index (χ3v) is 3.99. The average Bonchev–Trinajstić information content (AvgIpc) is 2.86. The van der Waals surface area contributed by atoms with Gasteiger partial charge in [-0.05, 0) is 18.2 Å². The SMILES string of the molecule is COc1ccc(OC)c(/C=N/N=C2\NC(=O)C(CC(=O)O)S2)c1. The number of thioether (sulfide) groups is 1. The Balaban J connectivity index is 2.09. The first-order chi connectivity index (χ1) is 11.0. The van der Waals surface area contributed by atoms with Crippen LogP contribution in [0.4, 0.5) is 0 Å². The number of rotatable bonds is 6. The zero-order valence-electron chi connectivity index (χ0n) is 12.5. The van der Waals surface area contributed by atoms with E-state index in [9.17, 15) is 9.59 Å². The van der Waals surface area contributed by atoms with Crippen molar-refractivity contribution in [2.45, 2.75) is 11.7 Å². The van der Waals surface area contributed by atoms with E-state index in [1.54, 1.807) is 25.3 Å². The van der Waals surface area contributed by atoms with Crippen molar-refractivity contribution in [3.63, 3.8) is 0 Å². The number of aliphatic carboxylic acids is 1. The van der Waals surface area contributed by atoms with E-state index in [0.717, 1.165) is 11.8 Å². The van der Waals surface area contributed by atoms with Crippen molar-refractivity contribution in [2.75, 3.05) is 14.2 Å². The molecule has 1 saturated heterocycles. The van der Waals surface area contributed by atoms with Gasteiger partial charge in [0.05, 0.1) is 26.9 Å². The summed E-state index contributed by atoms with van der Waals surface area (Å²) in [6, 6.07) is 5.23. The maximum Gasteiger partial charge on any atom is 0.305 e. The highest BCUT2D eigenvalue weighted by Crippen LogP contribution is 2.24. The van der Waals surface area contributed by atoms with E-state index >= 15 is 0 Å². The highest BCUT2D eigenvalue weighted by molar-refractivity contribution is 8.15. The van der Waals surface area contributed by atoms with Gasteiger partial charge in [0.2, 0.25) is 5.91 Å². The van der Waals surface area contributed by atoms with Crippen LogP contribution in [0, 0.1) is 0 Å². The van der Waals surface area contributed by atoms with Gasteiger partial charge in [-0.3, -0.25) is 9.59 Å². The Morgan fingerprint density at radius 2 is 2.22 bits per heavy atom. The third kappa shape index (κ3) is 4.46. The molecule has 0 aliphatic carbocycles. The summed E-state index contributed by atoms with van der Waals surface area (Å²) in [7, 11) is 3.09. The minimum Gasteiger partial charge on any atom is -0.497 e. The quantitative estimate of drug-likeness (QED) is 0.594. The molecule has 23 heavy (non-hydrogen) atoms. The van der Waals surface area contributed by atoms with Crippen LogP contribution in [0.3, 0.4) is 0 Å². The standard InChI is InChI=1S/C14H15N3O5S/c1-21-9-3-4-10(22-2)8(5-9)7-15-17-14-16-13(20)11(23-14)6-12(18)19/h3-5,7,11H,6H2,1-2H3,(H,18,19)(H,16,17,20)/b15-7+. The zero-order chi connectivity index (χ0) is 16.8. The second kappa shape index (κ2) is 7.63. The van der Waals surface area contributed by atoms with Gasteiger partial charge in [0.15, 0.2) is 5.17 Å². The Hall–Kier alpha value is -2.55. The predicted molar refractivity (Wildman–Crippen MR) is 86.3 cm³/mol. The highest BCUT2D eigenvalue weighted by atomic mass is 32.2. The normalized spacial score (nSPS) is 19.1. The average molecular weight is 337 g/mol. The Labute approximate surface area is 136 Å². The molecule has 2 N–H and O–H groups in total. The fourth-order valence-corrected chi connectivity index (χ4v) is 2.74. The summed E-state index contributed by atoms with van der Waals surface area (Å²) in [6.07, 6.45) is 1.20. The van der Waals surface area contributed by atoms with Crippen LogP contribution in [0.1, 0.15) is 12.0 Å². The molecule has 1 aromatic carbocycles. The van der Waals surface area contributed by atoms with Crippen molar-refractivity contribution in [3.8, 4) is 11.5 Å². The number of amidine groups is 1. The Bertz CT molecular complexity index is 674. The van der Waals surface area contributed by atoms with Gasteiger partial charge in [-0.2, -0.15) is 5.10 Å². The molecule has 1 fully saturated rings. The van der Waals surface area contributed by atoms with Crippen LogP contribution >= 0.6 is 11.8 Å². The molecule has 1 aliphatic heterocycles. The molecule has 1 aliphatic rings. The number of hydrogen-bond donors (Lipinski definition) is 2. The summed E-state index contributed by atoms with van der Waals surface area (Å²) in [4.78, 5) is 22.2. The monoisotopic (exact) mass is 337 g/mol. The Morgan fingerprint density at radius 3 is 2.87 bits per heavy atom. The van der Waals surface area contributed by atoms with E-state index in [1.807, 2.05) is 0 Å². The Morgan fingerprint density at radius 1 is 1.43 bits per heavy atom. The number of methoxy groups -OCH3 is 2. The van der Waals surface area contributed by atoms with Crippen LogP contribution in [0.25, 0.3) is 0 Å². The third-order valence-electron chi connectivity index (χ3n) is 2.92. The fraction of sp³-hybridized carbons (Fsp3) is 0.286. The number of amides is 1. The second-order valence-electron chi connectivity index (χ2n) is 4.45. The van der Waals surface area contributed by atoms with Gasteiger partial charge in [0, 0.05) is 5.56 Å². The van der Waals surface area contributed by atoms with Gasteiger partial charge in [0.1, 0.15) is 16.7 Å². The van der Waals surface area contributed by atoms with Crippen molar-refractivity contribution in [3.05, 3.63) is 23.8 Å². The predicted octanol–water partition coefficient (Wildman–Crippen LogP) is 1.10. The summed E-state index contributed by atoms with van der Waals surface area (Å²) >= 11 is 1.04. The number of ether oxygens (including phenoxy) is 2. The number of carboxylic acid groups (broad SMARTS) is 1. The summed E-state index contributed by atoms with van der Waals surface area (Å²) in [5.41, 5.74) is 0.660. The Kier molecular flexibility index (Phi) is 5.58. The largest absolute Gasteiger partial charge is 0.497 e. The van der Waals surface area contributed by atoms with E-state index in [2.05, 4.69) is 15.5 Å². The van der Waals surface area contributed by atoms with Crippen molar-refractivity contribution in [1.82, 2.24) is 5.32 Å². The molecular weight excluding hydrogens is 322 g/mol. The summed E-state index contributed by atoms with van der Waals surface area (Å²) in [6.45, 7) is 0. The van der Waals surface area contributed by atoms with Gasteiger partial charge in [-0.15, -0.1) is 5.10 Å². The van der Waals surface area contributed by atoms with Crippen molar-refractivity contribution in [1.29, 1.82) is 0 Å². The first-order valence-corrected chi connectivity index (χ1v) is 7.44. The maximum atomic E-state index is 11.6. The van der Waals surface area contributed by atoms with Crippen LogP contribution in [0.5, 0.6) is 11.5 Å².